The fourth-order valence-electron chi connectivity index (χ4n) is 2.19. The molecular weight excluding hydrogens is 285 g/mol. The van der Waals surface area contributed by atoms with E-state index in [1.54, 1.807) is 7.11 Å². The van der Waals surface area contributed by atoms with E-state index in [0.717, 1.165) is 31.4 Å². The molecule has 0 spiro atoms. The van der Waals surface area contributed by atoms with Crippen molar-refractivity contribution >= 4 is 10.0 Å². The van der Waals surface area contributed by atoms with Gasteiger partial charge in [0.2, 0.25) is 10.0 Å². The number of hydrogen-bond acceptors (Lipinski definition) is 4. The van der Waals surface area contributed by atoms with Gasteiger partial charge in [0.25, 0.3) is 0 Å². The molecule has 0 radical (unpaired) electrons. The van der Waals surface area contributed by atoms with Crippen molar-refractivity contribution in [3.8, 4) is 0 Å². The minimum atomic E-state index is -3.92. The molecule has 0 heterocycles. The lowest BCUT2D eigenvalue weighted by atomic mass is 9.80. The number of aliphatic hydroxyl groups is 1. The minimum absolute atomic E-state index is 0.132. The number of ether oxygens (including phenoxy) is 1. The van der Waals surface area contributed by atoms with Crippen LogP contribution in [-0.2, 0) is 21.4 Å². The van der Waals surface area contributed by atoms with Crippen molar-refractivity contribution in [2.75, 3.05) is 13.7 Å². The molecule has 1 aliphatic rings. The van der Waals surface area contributed by atoms with Gasteiger partial charge in [-0.05, 0) is 37.0 Å². The number of benzene rings is 1. The van der Waals surface area contributed by atoms with Crippen LogP contribution in [0.2, 0.25) is 0 Å². The fourth-order valence-corrected chi connectivity index (χ4v) is 3.36. The largest absolute Gasteiger partial charge is 0.392 e. The van der Waals surface area contributed by atoms with Crippen LogP contribution in [-0.4, -0.2) is 32.8 Å². The van der Waals surface area contributed by atoms with Crippen molar-refractivity contribution in [2.45, 2.75) is 36.4 Å². The molecule has 20 heavy (non-hydrogen) atoms. The Morgan fingerprint density at radius 1 is 1.45 bits per heavy atom. The first-order valence-electron chi connectivity index (χ1n) is 6.36. The van der Waals surface area contributed by atoms with Crippen molar-refractivity contribution in [3.63, 3.8) is 0 Å². The average Bonchev–Trinajstić information content (AvgIpc) is 2.37. The normalized spacial score (nSPS) is 17.8. The van der Waals surface area contributed by atoms with Crippen LogP contribution in [0.5, 0.6) is 0 Å². The standard InChI is InChI=1S/C13H18FNO4S/c1-19-13(5-2-6-13)9-15-20(17,18)12-4-3-10(8-16)7-11(12)14/h3-4,7,15-16H,2,5-6,8-9H2,1H3. The second kappa shape index (κ2) is 5.77. The van der Waals surface area contributed by atoms with Crippen LogP contribution in [0.25, 0.3) is 0 Å². The highest BCUT2D eigenvalue weighted by molar-refractivity contribution is 7.89. The summed E-state index contributed by atoms with van der Waals surface area (Å²) in [5, 5.41) is 8.89. The Kier molecular flexibility index (Phi) is 4.43. The highest BCUT2D eigenvalue weighted by Gasteiger charge is 2.38. The number of sulfonamides is 1. The van der Waals surface area contributed by atoms with E-state index in [-0.39, 0.29) is 13.2 Å². The third-order valence-electron chi connectivity index (χ3n) is 3.75. The van der Waals surface area contributed by atoms with E-state index in [1.165, 1.54) is 6.07 Å². The smallest absolute Gasteiger partial charge is 0.243 e. The maximum Gasteiger partial charge on any atom is 0.243 e. The van der Waals surface area contributed by atoms with Gasteiger partial charge < -0.3 is 9.84 Å². The molecule has 1 aliphatic carbocycles. The zero-order valence-electron chi connectivity index (χ0n) is 11.2. The molecular formula is C13H18FNO4S. The maximum absolute atomic E-state index is 13.8. The molecule has 1 aromatic rings. The molecule has 2 rings (SSSR count). The molecule has 7 heteroatoms. The summed E-state index contributed by atoms with van der Waals surface area (Å²) in [6, 6.07) is 3.56. The molecule has 0 bridgehead atoms. The van der Waals surface area contributed by atoms with E-state index in [0.29, 0.717) is 5.56 Å². The monoisotopic (exact) mass is 303 g/mol. The minimum Gasteiger partial charge on any atom is -0.392 e. The van der Waals surface area contributed by atoms with Gasteiger partial charge in [0, 0.05) is 13.7 Å². The van der Waals surface area contributed by atoms with Gasteiger partial charge in [0.05, 0.1) is 12.2 Å². The van der Waals surface area contributed by atoms with E-state index in [1.807, 2.05) is 0 Å². The summed E-state index contributed by atoms with van der Waals surface area (Å²) < 4.78 is 45.7. The average molecular weight is 303 g/mol. The van der Waals surface area contributed by atoms with Gasteiger partial charge in [-0.25, -0.2) is 17.5 Å². The van der Waals surface area contributed by atoms with Gasteiger partial charge in [0.1, 0.15) is 10.7 Å². The van der Waals surface area contributed by atoms with Crippen LogP contribution < -0.4 is 4.72 Å². The zero-order chi connectivity index (χ0) is 14.8. The third kappa shape index (κ3) is 3.01. The summed E-state index contributed by atoms with van der Waals surface area (Å²) in [5.41, 5.74) is -0.136. The van der Waals surface area contributed by atoms with Gasteiger partial charge in [-0.2, -0.15) is 0 Å². The number of aliphatic hydroxyl groups excluding tert-OH is 1. The van der Waals surface area contributed by atoms with E-state index in [2.05, 4.69) is 4.72 Å². The van der Waals surface area contributed by atoms with Crippen LogP contribution in [0, 0.1) is 5.82 Å². The first kappa shape index (κ1) is 15.4. The maximum atomic E-state index is 13.8. The van der Waals surface area contributed by atoms with Crippen molar-refractivity contribution in [3.05, 3.63) is 29.6 Å². The summed E-state index contributed by atoms with van der Waals surface area (Å²) >= 11 is 0. The number of methoxy groups -OCH3 is 1. The Bertz CT molecular complexity index is 579. The quantitative estimate of drug-likeness (QED) is 0.827. The molecule has 1 aromatic carbocycles. The van der Waals surface area contributed by atoms with Crippen molar-refractivity contribution < 1.29 is 22.7 Å². The molecule has 2 N–H and O–H groups in total. The van der Waals surface area contributed by atoms with Crippen molar-refractivity contribution in [1.82, 2.24) is 4.72 Å². The molecule has 0 unspecified atom stereocenters. The third-order valence-corrected chi connectivity index (χ3v) is 5.19. The van der Waals surface area contributed by atoms with E-state index in [4.69, 9.17) is 9.84 Å². The predicted octanol–water partition coefficient (Wildman–Crippen LogP) is 1.17. The molecule has 1 fully saturated rings. The molecule has 0 saturated heterocycles. The first-order chi connectivity index (χ1) is 9.42. The van der Waals surface area contributed by atoms with Gasteiger partial charge >= 0.3 is 0 Å². The Balaban J connectivity index is 2.14. The molecule has 1 saturated carbocycles. The SMILES string of the molecule is COC1(CNS(=O)(=O)c2ccc(CO)cc2F)CCC1. The van der Waals surface area contributed by atoms with Crippen LogP contribution in [0.4, 0.5) is 4.39 Å². The Labute approximate surface area is 117 Å². The highest BCUT2D eigenvalue weighted by Crippen LogP contribution is 2.34. The number of halogens is 1. The van der Waals surface area contributed by atoms with Crippen LogP contribution >= 0.6 is 0 Å². The summed E-state index contributed by atoms with van der Waals surface area (Å²) in [6.07, 6.45) is 2.57. The lowest BCUT2D eigenvalue weighted by molar-refractivity contribution is -0.0659. The van der Waals surface area contributed by atoms with E-state index >= 15 is 0 Å². The molecule has 0 aliphatic heterocycles. The Morgan fingerprint density at radius 2 is 2.15 bits per heavy atom. The number of hydrogen-bond donors (Lipinski definition) is 2. The summed E-state index contributed by atoms with van der Waals surface area (Å²) in [5.74, 6) is -0.871. The summed E-state index contributed by atoms with van der Waals surface area (Å²) in [6.45, 7) is -0.204. The molecule has 0 amide bonds. The Hall–Kier alpha value is -1.02. The first-order valence-corrected chi connectivity index (χ1v) is 7.85. The number of nitrogens with one attached hydrogen (secondary N) is 1. The van der Waals surface area contributed by atoms with Gasteiger partial charge in [0.15, 0.2) is 0 Å². The lowest BCUT2D eigenvalue weighted by Crippen LogP contribution is -2.49. The predicted molar refractivity (Wildman–Crippen MR) is 71.1 cm³/mol. The Morgan fingerprint density at radius 3 is 2.60 bits per heavy atom. The van der Waals surface area contributed by atoms with Gasteiger partial charge in [-0.1, -0.05) is 6.07 Å². The van der Waals surface area contributed by atoms with Gasteiger partial charge in [-0.15, -0.1) is 0 Å². The molecule has 0 atom stereocenters. The molecule has 5 nitrogen and oxygen atoms in total. The second-order valence-electron chi connectivity index (χ2n) is 4.99. The van der Waals surface area contributed by atoms with E-state index in [9.17, 15) is 12.8 Å². The second-order valence-corrected chi connectivity index (χ2v) is 6.72. The summed E-state index contributed by atoms with van der Waals surface area (Å²) in [7, 11) is -2.38. The lowest BCUT2D eigenvalue weighted by Gasteiger charge is -2.40. The molecule has 112 valence electrons. The van der Waals surface area contributed by atoms with Crippen molar-refractivity contribution in [2.24, 2.45) is 0 Å². The zero-order valence-corrected chi connectivity index (χ0v) is 12.0. The van der Waals surface area contributed by atoms with E-state index < -0.39 is 26.3 Å². The highest BCUT2D eigenvalue weighted by atomic mass is 32.2. The topological polar surface area (TPSA) is 75.6 Å². The fraction of sp³-hybridized carbons (Fsp3) is 0.538. The van der Waals surface area contributed by atoms with Crippen LogP contribution in [0.1, 0.15) is 24.8 Å². The van der Waals surface area contributed by atoms with Crippen molar-refractivity contribution in [1.29, 1.82) is 0 Å². The summed E-state index contributed by atoms with van der Waals surface area (Å²) in [4.78, 5) is -0.416. The van der Waals surface area contributed by atoms with Gasteiger partial charge in [-0.3, -0.25) is 0 Å². The molecule has 0 aromatic heterocycles. The van der Waals surface area contributed by atoms with Crippen LogP contribution in [0.15, 0.2) is 23.1 Å². The van der Waals surface area contributed by atoms with Crippen LogP contribution in [0.3, 0.4) is 0 Å². The number of rotatable bonds is 6.